The van der Waals surface area contributed by atoms with Gasteiger partial charge in [-0.25, -0.2) is 0 Å². The Labute approximate surface area is 218 Å². The second kappa shape index (κ2) is 11.1. The zero-order valence-corrected chi connectivity index (χ0v) is 21.6. The quantitative estimate of drug-likeness (QED) is 0.379. The maximum absolute atomic E-state index is 13.9. The molecular weight excluding hydrogens is 476 g/mol. The van der Waals surface area contributed by atoms with E-state index in [0.717, 1.165) is 16.7 Å². The topological polar surface area (TPSA) is 95.1 Å². The minimum Gasteiger partial charge on any atom is -0.633 e. The molecule has 7 heteroatoms. The van der Waals surface area contributed by atoms with E-state index in [2.05, 4.69) is 0 Å². The fourth-order valence-corrected chi connectivity index (χ4v) is 5.42. The van der Waals surface area contributed by atoms with Crippen molar-refractivity contribution in [2.45, 2.75) is 30.3 Å². The average molecular weight is 511 g/mol. The number of quaternary nitrogens is 1. The van der Waals surface area contributed by atoms with Gasteiger partial charge < -0.3 is 25.3 Å². The second-order valence-electron chi connectivity index (χ2n) is 9.85. The van der Waals surface area contributed by atoms with E-state index < -0.39 is 15.7 Å². The predicted molar refractivity (Wildman–Crippen MR) is 143 cm³/mol. The number of amides is 1. The lowest BCUT2D eigenvalue weighted by Gasteiger charge is -2.51. The van der Waals surface area contributed by atoms with Gasteiger partial charge in [0.15, 0.2) is 0 Å². The lowest BCUT2D eigenvalue weighted by atomic mass is 9.70. The number of hydroxylamine groups is 3. The van der Waals surface area contributed by atoms with Crippen molar-refractivity contribution in [2.75, 3.05) is 33.7 Å². The highest BCUT2D eigenvalue weighted by Crippen LogP contribution is 2.41. The first-order valence-corrected chi connectivity index (χ1v) is 12.4. The third-order valence-corrected chi connectivity index (χ3v) is 7.70. The number of nitrogens with zero attached hydrogens (tertiary/aromatic N) is 2. The van der Waals surface area contributed by atoms with E-state index in [4.69, 9.17) is 11.6 Å². The van der Waals surface area contributed by atoms with E-state index in [9.17, 15) is 15.1 Å². The zero-order valence-electron chi connectivity index (χ0n) is 20.9. The minimum atomic E-state index is -1.04. The molecule has 1 amide bonds. The molecule has 3 aromatic rings. The van der Waals surface area contributed by atoms with Gasteiger partial charge in [-0.05, 0) is 28.8 Å². The fraction of sp³-hybridized carbons (Fsp3) is 0.345. The fourth-order valence-electron chi connectivity index (χ4n) is 5.29. The maximum Gasteiger partial charge on any atom is 0.237 e. The average Bonchev–Trinajstić information content (AvgIpc) is 2.88. The van der Waals surface area contributed by atoms with Crippen LogP contribution in [0.2, 0.25) is 5.02 Å². The van der Waals surface area contributed by atoms with Crippen LogP contribution in [-0.4, -0.2) is 59.8 Å². The van der Waals surface area contributed by atoms with Crippen molar-refractivity contribution in [2.24, 2.45) is 0 Å². The van der Waals surface area contributed by atoms with Gasteiger partial charge in [0.25, 0.3) is 0 Å². The van der Waals surface area contributed by atoms with Crippen LogP contribution in [0.3, 0.4) is 0 Å². The molecule has 0 bridgehead atoms. The highest BCUT2D eigenvalue weighted by atomic mass is 35.5. The van der Waals surface area contributed by atoms with Crippen LogP contribution in [0.1, 0.15) is 36.0 Å². The van der Waals surface area contributed by atoms with Gasteiger partial charge in [0.2, 0.25) is 5.91 Å². The van der Waals surface area contributed by atoms with Gasteiger partial charge in [-0.1, -0.05) is 84.4 Å². The molecule has 1 aliphatic heterocycles. The third-order valence-electron chi connectivity index (χ3n) is 7.45. The molecule has 0 unspecified atom stereocenters. The van der Waals surface area contributed by atoms with Crippen molar-refractivity contribution in [3.63, 3.8) is 0 Å². The lowest BCUT2D eigenvalue weighted by molar-refractivity contribution is -0.889. The number of likely N-dealkylation sites (N-methyl/N-ethyl adjacent to an activating group) is 1. The van der Waals surface area contributed by atoms with Crippen LogP contribution in [-0.2, 0) is 15.8 Å². The molecule has 192 valence electrons. The van der Waals surface area contributed by atoms with Gasteiger partial charge in [-0.3, -0.25) is 4.79 Å². The number of rotatable bonds is 7. The van der Waals surface area contributed by atoms with Crippen molar-refractivity contribution in [3.05, 3.63) is 112 Å². The predicted octanol–water partition coefficient (Wildman–Crippen LogP) is 4.28. The number of carbonyl (C=O) groups excluding carboxylic acids is 1. The molecule has 36 heavy (non-hydrogen) atoms. The monoisotopic (exact) mass is 510 g/mol. The van der Waals surface area contributed by atoms with E-state index >= 15 is 0 Å². The molecule has 0 atom stereocenters. The first-order chi connectivity index (χ1) is 16.7. The first-order valence-electron chi connectivity index (χ1n) is 12.1. The van der Waals surface area contributed by atoms with Crippen LogP contribution < -0.4 is 0 Å². The van der Waals surface area contributed by atoms with E-state index in [1.807, 2.05) is 72.8 Å². The Hall–Kier alpha value is -2.74. The summed E-state index contributed by atoms with van der Waals surface area (Å²) in [4.78, 5) is 15.4. The normalized spacial score (nSPS) is 21.9. The van der Waals surface area contributed by atoms with Crippen molar-refractivity contribution < 1.29 is 20.0 Å². The van der Waals surface area contributed by atoms with Crippen LogP contribution in [0.5, 0.6) is 0 Å². The summed E-state index contributed by atoms with van der Waals surface area (Å²) in [5.41, 5.74) is 0.550. The molecule has 3 N–H and O–H groups in total. The molecule has 4 rings (SSSR count). The molecular formula is C29H35ClN2O4. The van der Waals surface area contributed by atoms with Crippen LogP contribution in [0.4, 0.5) is 0 Å². The Bertz CT molecular complexity index is 1090. The van der Waals surface area contributed by atoms with Crippen LogP contribution in [0, 0.1) is 5.21 Å². The number of carbonyl (C=O) groups is 1. The van der Waals surface area contributed by atoms with Crippen molar-refractivity contribution >= 4 is 17.5 Å². The second-order valence-corrected chi connectivity index (χ2v) is 10.3. The molecule has 1 saturated heterocycles. The summed E-state index contributed by atoms with van der Waals surface area (Å²) in [5, 5.41) is 25.8. The summed E-state index contributed by atoms with van der Waals surface area (Å²) in [6, 6.07) is 26.7. The van der Waals surface area contributed by atoms with Crippen LogP contribution in [0.15, 0.2) is 84.9 Å². The smallest absolute Gasteiger partial charge is 0.237 e. The number of hydrogen-bond acceptors (Lipinski definition) is 3. The Balaban J connectivity index is 0.00000361. The van der Waals surface area contributed by atoms with Crippen molar-refractivity contribution in [3.8, 4) is 0 Å². The van der Waals surface area contributed by atoms with Gasteiger partial charge in [0.1, 0.15) is 11.0 Å². The van der Waals surface area contributed by atoms with Crippen LogP contribution >= 0.6 is 11.6 Å². The van der Waals surface area contributed by atoms with Gasteiger partial charge in [-0.2, -0.15) is 0 Å². The van der Waals surface area contributed by atoms with E-state index in [-0.39, 0.29) is 31.0 Å². The van der Waals surface area contributed by atoms with E-state index in [1.165, 1.54) is 0 Å². The molecule has 0 spiro atoms. The summed E-state index contributed by atoms with van der Waals surface area (Å²) in [6.45, 7) is 0.851. The Morgan fingerprint density at radius 2 is 1.42 bits per heavy atom. The highest BCUT2D eigenvalue weighted by molar-refractivity contribution is 6.30. The summed E-state index contributed by atoms with van der Waals surface area (Å²) in [6.07, 6.45) is 1.10. The van der Waals surface area contributed by atoms with Gasteiger partial charge >= 0.3 is 0 Å². The number of benzene rings is 3. The number of likely N-dealkylation sites (tertiary alicyclic amines) is 1. The number of piperidine rings is 1. The zero-order chi connectivity index (χ0) is 25.1. The van der Waals surface area contributed by atoms with Crippen molar-refractivity contribution in [1.29, 1.82) is 0 Å². The minimum absolute atomic E-state index is 0. The van der Waals surface area contributed by atoms with Gasteiger partial charge in [-0.15, -0.1) is 0 Å². The summed E-state index contributed by atoms with van der Waals surface area (Å²) >= 11 is 6.01. The first kappa shape index (κ1) is 27.8. The van der Waals surface area contributed by atoms with Crippen LogP contribution in [0.25, 0.3) is 0 Å². The highest BCUT2D eigenvalue weighted by Gasteiger charge is 2.46. The van der Waals surface area contributed by atoms with Gasteiger partial charge in [0, 0.05) is 38.4 Å². The molecule has 3 aromatic carbocycles. The van der Waals surface area contributed by atoms with E-state index in [1.54, 1.807) is 31.1 Å². The molecule has 0 saturated carbocycles. The SMILES string of the molecule is CN(C)C(=O)C(CC[N@+]1([O-])CC[C@@](O)(c2ccc(Cl)cc2)CC1)(c1ccccc1)c1ccccc1.O. The Morgan fingerprint density at radius 1 is 0.944 bits per heavy atom. The third kappa shape index (κ3) is 5.48. The molecule has 1 heterocycles. The Morgan fingerprint density at radius 3 is 1.86 bits per heavy atom. The maximum atomic E-state index is 13.9. The lowest BCUT2D eigenvalue weighted by Crippen LogP contribution is -2.55. The standard InChI is InChI=1S/C29H33ClN2O3.H2O/c1-31(2)27(33)29(24-9-5-3-6-10-24,25-11-7-4-8-12-25)19-22-32(35)20-17-28(34,18-21-32)23-13-15-26(30)16-14-23;/h3-16,34H,17-22H2,1-2H3;1H2/t28-,32-;. The molecule has 0 aromatic heterocycles. The molecule has 0 radical (unpaired) electrons. The molecule has 1 fully saturated rings. The van der Waals surface area contributed by atoms with Gasteiger partial charge in [0.05, 0.1) is 19.6 Å². The van der Waals surface area contributed by atoms with Crippen molar-refractivity contribution in [1.82, 2.24) is 4.90 Å². The summed E-state index contributed by atoms with van der Waals surface area (Å²) in [7, 11) is 3.52. The Kier molecular flexibility index (Phi) is 8.59. The molecule has 6 nitrogen and oxygen atoms in total. The summed E-state index contributed by atoms with van der Waals surface area (Å²) in [5.74, 6) is -0.0452. The number of hydrogen-bond donors (Lipinski definition) is 1. The summed E-state index contributed by atoms with van der Waals surface area (Å²) < 4.78 is -0.433. The molecule has 1 aliphatic rings. The number of aliphatic hydroxyl groups is 1. The largest absolute Gasteiger partial charge is 0.633 e. The number of halogens is 1. The molecule has 0 aliphatic carbocycles. The van der Waals surface area contributed by atoms with E-state index in [0.29, 0.717) is 24.3 Å².